The molecule has 32 heavy (non-hydrogen) atoms. The predicted molar refractivity (Wildman–Crippen MR) is 128 cm³/mol. The van der Waals surface area contributed by atoms with Gasteiger partial charge in [0.05, 0.1) is 16.3 Å². The maximum atomic E-state index is 12.9. The maximum absolute atomic E-state index is 12.9. The van der Waals surface area contributed by atoms with Crippen LogP contribution >= 0.6 is 11.8 Å². The van der Waals surface area contributed by atoms with Crippen molar-refractivity contribution < 1.29 is 18.0 Å². The molecule has 2 heterocycles. The molecule has 1 fully saturated rings. The van der Waals surface area contributed by atoms with E-state index in [2.05, 4.69) is 17.1 Å². The summed E-state index contributed by atoms with van der Waals surface area (Å²) in [4.78, 5) is 30.0. The number of carbonyl (C=O) groups excluding carboxylic acids is 2. The Kier molecular flexibility index (Phi) is 8.60. The van der Waals surface area contributed by atoms with E-state index in [4.69, 9.17) is 0 Å². The molecule has 1 atom stereocenters. The summed E-state index contributed by atoms with van der Waals surface area (Å²) in [5.41, 5.74) is 0.485. The van der Waals surface area contributed by atoms with Gasteiger partial charge in [-0.2, -0.15) is 4.31 Å². The van der Waals surface area contributed by atoms with Crippen molar-refractivity contribution in [2.24, 2.45) is 0 Å². The second-order valence-corrected chi connectivity index (χ2v) is 11.2. The lowest BCUT2D eigenvalue weighted by Crippen LogP contribution is -2.46. The van der Waals surface area contributed by atoms with Crippen LogP contribution in [0.1, 0.15) is 40.0 Å². The fraction of sp³-hybridized carbons (Fsp3) is 0.636. The molecule has 0 aromatic heterocycles. The Hall–Kier alpha value is -1.62. The first-order valence-electron chi connectivity index (χ1n) is 11.4. The standard InChI is InChI=1S/C22H34N4O4S2/c1-4-25(5-2)32(29,30)18-9-10-20-19(14-18)26(22(28)16-31-20)15-21(27)23-11-13-24-12-7-6-8-17(24)3/h9-10,14,17H,4-8,11-13,15-16H2,1-3H3,(H,23,27)/t17-/m1/s1. The second kappa shape index (κ2) is 11.0. The number of amides is 2. The van der Waals surface area contributed by atoms with Gasteiger partial charge in [0.1, 0.15) is 6.54 Å². The summed E-state index contributed by atoms with van der Waals surface area (Å²) >= 11 is 1.37. The highest BCUT2D eigenvalue weighted by Gasteiger charge is 2.30. The van der Waals surface area contributed by atoms with Gasteiger partial charge in [0, 0.05) is 37.1 Å². The highest BCUT2D eigenvalue weighted by Crippen LogP contribution is 2.37. The molecule has 0 aliphatic carbocycles. The van der Waals surface area contributed by atoms with Crippen LogP contribution in [0.25, 0.3) is 0 Å². The molecular weight excluding hydrogens is 448 g/mol. The molecule has 178 valence electrons. The largest absolute Gasteiger partial charge is 0.353 e. The lowest BCUT2D eigenvalue weighted by atomic mass is 10.0. The van der Waals surface area contributed by atoms with E-state index in [1.807, 2.05) is 0 Å². The van der Waals surface area contributed by atoms with E-state index in [-0.39, 0.29) is 29.0 Å². The second-order valence-electron chi connectivity index (χ2n) is 8.22. The number of hydrogen-bond donors (Lipinski definition) is 1. The SMILES string of the molecule is CCN(CC)S(=O)(=O)c1ccc2c(c1)N(CC(=O)NCCN1CCCC[C@H]1C)C(=O)CS2. The van der Waals surface area contributed by atoms with Crippen LogP contribution in [0.5, 0.6) is 0 Å². The number of piperidine rings is 1. The third kappa shape index (κ3) is 5.65. The van der Waals surface area contributed by atoms with Crippen molar-refractivity contribution in [3.63, 3.8) is 0 Å². The van der Waals surface area contributed by atoms with Crippen LogP contribution in [0, 0.1) is 0 Å². The minimum absolute atomic E-state index is 0.114. The number of nitrogens with one attached hydrogen (secondary N) is 1. The van der Waals surface area contributed by atoms with Gasteiger partial charge in [-0.05, 0) is 44.5 Å². The number of thioether (sulfide) groups is 1. The molecule has 1 aromatic rings. The summed E-state index contributed by atoms with van der Waals surface area (Å²) in [6.45, 7) is 8.79. The van der Waals surface area contributed by atoms with Crippen molar-refractivity contribution in [2.45, 2.75) is 55.9 Å². The average Bonchev–Trinajstić information content (AvgIpc) is 2.77. The third-order valence-electron chi connectivity index (χ3n) is 6.18. The number of benzene rings is 1. The first-order valence-corrected chi connectivity index (χ1v) is 13.8. The van der Waals surface area contributed by atoms with Crippen molar-refractivity contribution >= 4 is 39.3 Å². The predicted octanol–water partition coefficient (Wildman–Crippen LogP) is 2.15. The van der Waals surface area contributed by atoms with Crippen molar-refractivity contribution in [1.29, 1.82) is 0 Å². The van der Waals surface area contributed by atoms with Crippen molar-refractivity contribution in [2.75, 3.05) is 49.9 Å². The average molecular weight is 483 g/mol. The van der Waals surface area contributed by atoms with E-state index in [9.17, 15) is 18.0 Å². The zero-order chi connectivity index (χ0) is 23.3. The number of nitrogens with zero attached hydrogens (tertiary/aromatic N) is 3. The topological polar surface area (TPSA) is 90.0 Å². The quantitative estimate of drug-likeness (QED) is 0.580. The van der Waals surface area contributed by atoms with Crippen molar-refractivity contribution in [3.8, 4) is 0 Å². The van der Waals surface area contributed by atoms with E-state index in [0.29, 0.717) is 31.4 Å². The van der Waals surface area contributed by atoms with Gasteiger partial charge in [0.15, 0.2) is 0 Å². The third-order valence-corrected chi connectivity index (χ3v) is 9.27. The smallest absolute Gasteiger partial charge is 0.243 e. The number of sulfonamides is 1. The summed E-state index contributed by atoms with van der Waals surface area (Å²) in [5, 5.41) is 2.92. The lowest BCUT2D eigenvalue weighted by molar-refractivity contribution is -0.123. The number of hydrogen-bond acceptors (Lipinski definition) is 6. The molecule has 0 spiro atoms. The van der Waals surface area contributed by atoms with Gasteiger partial charge < -0.3 is 10.2 Å². The Bertz CT molecular complexity index is 934. The van der Waals surface area contributed by atoms with E-state index in [1.165, 1.54) is 46.3 Å². The van der Waals surface area contributed by atoms with Gasteiger partial charge in [0.25, 0.3) is 0 Å². The first-order chi connectivity index (χ1) is 15.3. The number of carbonyl (C=O) groups is 2. The fourth-order valence-corrected chi connectivity index (χ4v) is 6.65. The van der Waals surface area contributed by atoms with Gasteiger partial charge in [-0.25, -0.2) is 8.42 Å². The number of likely N-dealkylation sites (tertiary alicyclic amines) is 1. The van der Waals surface area contributed by atoms with Gasteiger partial charge in [-0.1, -0.05) is 20.3 Å². The van der Waals surface area contributed by atoms with Gasteiger partial charge in [0.2, 0.25) is 21.8 Å². The monoisotopic (exact) mass is 482 g/mol. The molecule has 10 heteroatoms. The number of anilines is 1. The van der Waals surface area contributed by atoms with Crippen LogP contribution in [0.15, 0.2) is 28.0 Å². The fourth-order valence-electron chi connectivity index (χ4n) is 4.26. The summed E-state index contributed by atoms with van der Waals surface area (Å²) in [6.07, 6.45) is 3.63. The highest BCUT2D eigenvalue weighted by molar-refractivity contribution is 8.00. The maximum Gasteiger partial charge on any atom is 0.243 e. The van der Waals surface area contributed by atoms with Crippen LogP contribution in [0.2, 0.25) is 0 Å². The molecule has 1 N–H and O–H groups in total. The number of fused-ring (bicyclic) bond motifs is 1. The molecule has 0 radical (unpaired) electrons. The molecule has 0 saturated carbocycles. The summed E-state index contributed by atoms with van der Waals surface area (Å²) < 4.78 is 27.3. The molecule has 1 aromatic carbocycles. The lowest BCUT2D eigenvalue weighted by Gasteiger charge is -2.33. The van der Waals surface area contributed by atoms with E-state index in [1.54, 1.807) is 26.0 Å². The molecule has 2 amide bonds. The Morgan fingerprint density at radius 1 is 1.25 bits per heavy atom. The zero-order valence-corrected chi connectivity index (χ0v) is 20.8. The van der Waals surface area contributed by atoms with Gasteiger partial charge >= 0.3 is 0 Å². The van der Waals surface area contributed by atoms with Crippen LogP contribution in [0.3, 0.4) is 0 Å². The summed E-state index contributed by atoms with van der Waals surface area (Å²) in [6, 6.07) is 5.36. The highest BCUT2D eigenvalue weighted by atomic mass is 32.2. The summed E-state index contributed by atoms with van der Waals surface area (Å²) in [5.74, 6) is -0.203. The zero-order valence-electron chi connectivity index (χ0n) is 19.2. The molecule has 8 nitrogen and oxygen atoms in total. The van der Waals surface area contributed by atoms with E-state index < -0.39 is 10.0 Å². The number of rotatable bonds is 9. The molecule has 0 unspecified atom stereocenters. The Morgan fingerprint density at radius 3 is 2.69 bits per heavy atom. The molecule has 0 bridgehead atoms. The van der Waals surface area contributed by atoms with Gasteiger partial charge in [-0.15, -0.1) is 11.8 Å². The normalized spacial score (nSPS) is 19.8. The molecule has 3 rings (SSSR count). The van der Waals surface area contributed by atoms with Crippen LogP contribution < -0.4 is 10.2 Å². The van der Waals surface area contributed by atoms with Crippen LogP contribution in [-0.2, 0) is 19.6 Å². The van der Waals surface area contributed by atoms with E-state index >= 15 is 0 Å². The van der Waals surface area contributed by atoms with E-state index in [0.717, 1.165) is 18.0 Å². The minimum Gasteiger partial charge on any atom is -0.353 e. The summed E-state index contributed by atoms with van der Waals surface area (Å²) in [7, 11) is -3.66. The first kappa shape index (κ1) is 25.0. The Balaban J connectivity index is 1.70. The molecule has 2 aliphatic heterocycles. The molecular formula is C22H34N4O4S2. The van der Waals surface area contributed by atoms with Crippen LogP contribution in [0.4, 0.5) is 5.69 Å². The Morgan fingerprint density at radius 2 is 2.00 bits per heavy atom. The molecule has 2 aliphatic rings. The minimum atomic E-state index is -3.66. The Labute approximate surface area is 195 Å². The van der Waals surface area contributed by atoms with Crippen LogP contribution in [-0.4, -0.2) is 80.5 Å². The van der Waals surface area contributed by atoms with Crippen molar-refractivity contribution in [1.82, 2.24) is 14.5 Å². The van der Waals surface area contributed by atoms with Gasteiger partial charge in [-0.3, -0.25) is 14.5 Å². The van der Waals surface area contributed by atoms with Crippen molar-refractivity contribution in [3.05, 3.63) is 18.2 Å². The molecule has 1 saturated heterocycles.